The average Bonchev–Trinajstić information content (AvgIpc) is 3.19. The molecule has 0 atom stereocenters. The van der Waals surface area contributed by atoms with Gasteiger partial charge in [0.25, 0.3) is 5.91 Å². The Bertz CT molecular complexity index is 961. The van der Waals surface area contributed by atoms with Crippen molar-refractivity contribution in [2.45, 2.75) is 0 Å². The van der Waals surface area contributed by atoms with E-state index in [0.29, 0.717) is 42.6 Å². The number of hydrogen-bond donors (Lipinski definition) is 0. The second-order valence-electron chi connectivity index (χ2n) is 6.38. The Morgan fingerprint density at radius 2 is 1.68 bits per heavy atom. The smallest absolute Gasteiger partial charge is 0.276 e. The minimum atomic E-state index is -0.170. The summed E-state index contributed by atoms with van der Waals surface area (Å²) in [6, 6.07) is 14.7. The monoisotopic (exact) mass is 398 g/mol. The molecule has 4 rings (SSSR count). The number of amides is 1. The van der Waals surface area contributed by atoms with E-state index in [4.69, 9.17) is 25.6 Å². The van der Waals surface area contributed by atoms with Crippen molar-refractivity contribution >= 4 is 17.5 Å². The molecule has 0 aliphatic carbocycles. The minimum Gasteiger partial charge on any atom is -0.497 e. The van der Waals surface area contributed by atoms with E-state index < -0.39 is 0 Å². The normalized spacial score (nSPS) is 14.1. The van der Waals surface area contributed by atoms with Crippen molar-refractivity contribution in [1.29, 1.82) is 0 Å². The van der Waals surface area contributed by atoms with Gasteiger partial charge >= 0.3 is 0 Å². The maximum Gasteiger partial charge on any atom is 0.276 e. The molecule has 3 aromatic rings. The fourth-order valence-corrected chi connectivity index (χ4v) is 3.30. The maximum absolute atomic E-state index is 13.1. The Kier molecular flexibility index (Phi) is 5.32. The Balaban J connectivity index is 1.80. The first-order valence-electron chi connectivity index (χ1n) is 8.94. The van der Waals surface area contributed by atoms with Crippen molar-refractivity contribution in [3.63, 3.8) is 0 Å². The molecule has 28 heavy (non-hydrogen) atoms. The molecule has 0 spiro atoms. The standard InChI is InChI=1S/C21H19ClN2O4/c1-26-17-8-4-15(5-9-17)20-18(14-2-6-16(22)7-3-14)19(23-28-20)21(25)24-10-12-27-13-11-24/h2-9H,10-13H2,1H3. The highest BCUT2D eigenvalue weighted by Gasteiger charge is 2.28. The number of nitrogens with zero attached hydrogens (tertiary/aromatic N) is 2. The van der Waals surface area contributed by atoms with Crippen LogP contribution in [0.1, 0.15) is 10.5 Å². The molecule has 1 saturated heterocycles. The SMILES string of the molecule is COc1ccc(-c2onc(C(=O)N3CCOCC3)c2-c2ccc(Cl)cc2)cc1. The van der Waals surface area contributed by atoms with Gasteiger partial charge in [-0.3, -0.25) is 4.79 Å². The lowest BCUT2D eigenvalue weighted by Gasteiger charge is -2.26. The van der Waals surface area contributed by atoms with Gasteiger partial charge < -0.3 is 18.9 Å². The number of benzene rings is 2. The van der Waals surface area contributed by atoms with Crippen LogP contribution in [0.2, 0.25) is 5.02 Å². The molecular formula is C21H19ClN2O4. The molecule has 1 amide bonds. The number of halogens is 1. The van der Waals surface area contributed by atoms with Crippen LogP contribution in [0.3, 0.4) is 0 Å². The Hall–Kier alpha value is -2.83. The summed E-state index contributed by atoms with van der Waals surface area (Å²) >= 11 is 6.05. The van der Waals surface area contributed by atoms with Crippen molar-refractivity contribution in [2.24, 2.45) is 0 Å². The molecule has 6 nitrogen and oxygen atoms in total. The Morgan fingerprint density at radius 1 is 1.04 bits per heavy atom. The van der Waals surface area contributed by atoms with Crippen molar-refractivity contribution in [2.75, 3.05) is 33.4 Å². The zero-order chi connectivity index (χ0) is 19.5. The van der Waals surface area contributed by atoms with Crippen LogP contribution in [0.15, 0.2) is 53.1 Å². The van der Waals surface area contributed by atoms with Gasteiger partial charge in [-0.1, -0.05) is 28.9 Å². The van der Waals surface area contributed by atoms with Crippen molar-refractivity contribution in [1.82, 2.24) is 10.1 Å². The Morgan fingerprint density at radius 3 is 2.32 bits per heavy atom. The lowest BCUT2D eigenvalue weighted by atomic mass is 9.99. The van der Waals surface area contributed by atoms with Gasteiger partial charge in [0, 0.05) is 23.7 Å². The molecule has 1 aliphatic rings. The van der Waals surface area contributed by atoms with Gasteiger partial charge in [-0.15, -0.1) is 0 Å². The molecule has 0 unspecified atom stereocenters. The molecule has 1 aliphatic heterocycles. The summed E-state index contributed by atoms with van der Waals surface area (Å²) in [5, 5.41) is 4.76. The van der Waals surface area contributed by atoms with E-state index in [-0.39, 0.29) is 11.6 Å². The predicted molar refractivity (Wildman–Crippen MR) is 106 cm³/mol. The number of ether oxygens (including phenoxy) is 2. The first-order chi connectivity index (χ1) is 13.7. The lowest BCUT2D eigenvalue weighted by molar-refractivity contribution is 0.0297. The van der Waals surface area contributed by atoms with E-state index in [2.05, 4.69) is 5.16 Å². The zero-order valence-electron chi connectivity index (χ0n) is 15.4. The number of morpholine rings is 1. The quantitative estimate of drug-likeness (QED) is 0.660. The molecule has 2 aromatic carbocycles. The lowest BCUT2D eigenvalue weighted by Crippen LogP contribution is -2.41. The van der Waals surface area contributed by atoms with Crippen LogP contribution in [-0.4, -0.2) is 49.4 Å². The van der Waals surface area contributed by atoms with Gasteiger partial charge in [-0.2, -0.15) is 0 Å². The summed E-state index contributed by atoms with van der Waals surface area (Å²) in [5.41, 5.74) is 2.56. The van der Waals surface area contributed by atoms with Gasteiger partial charge in [-0.05, 0) is 42.0 Å². The number of aromatic nitrogens is 1. The van der Waals surface area contributed by atoms with Crippen LogP contribution < -0.4 is 4.74 Å². The van der Waals surface area contributed by atoms with Crippen LogP contribution in [0.25, 0.3) is 22.5 Å². The highest BCUT2D eigenvalue weighted by atomic mass is 35.5. The van der Waals surface area contributed by atoms with E-state index in [1.807, 2.05) is 36.4 Å². The fourth-order valence-electron chi connectivity index (χ4n) is 3.18. The molecule has 144 valence electrons. The summed E-state index contributed by atoms with van der Waals surface area (Å²) in [6.45, 7) is 2.10. The summed E-state index contributed by atoms with van der Waals surface area (Å²) in [6.07, 6.45) is 0. The summed E-state index contributed by atoms with van der Waals surface area (Å²) in [5.74, 6) is 1.10. The second kappa shape index (κ2) is 8.04. The minimum absolute atomic E-state index is 0.170. The highest BCUT2D eigenvalue weighted by molar-refractivity contribution is 6.30. The third-order valence-electron chi connectivity index (χ3n) is 4.68. The molecule has 2 heterocycles. The number of methoxy groups -OCH3 is 1. The summed E-state index contributed by atoms with van der Waals surface area (Å²) < 4.78 is 16.2. The molecule has 0 N–H and O–H groups in total. The van der Waals surface area contributed by atoms with E-state index in [9.17, 15) is 4.79 Å². The summed E-state index contributed by atoms with van der Waals surface area (Å²) in [4.78, 5) is 14.8. The van der Waals surface area contributed by atoms with Gasteiger partial charge in [0.2, 0.25) is 0 Å². The Labute approximate surface area is 167 Å². The van der Waals surface area contributed by atoms with Gasteiger partial charge in [0.15, 0.2) is 11.5 Å². The van der Waals surface area contributed by atoms with Crippen LogP contribution >= 0.6 is 11.6 Å². The third-order valence-corrected chi connectivity index (χ3v) is 4.93. The first-order valence-corrected chi connectivity index (χ1v) is 9.32. The molecule has 7 heteroatoms. The van der Waals surface area contributed by atoms with Crippen LogP contribution in [0, 0.1) is 0 Å². The molecule has 0 radical (unpaired) electrons. The maximum atomic E-state index is 13.1. The highest BCUT2D eigenvalue weighted by Crippen LogP contribution is 2.37. The number of hydrogen-bond acceptors (Lipinski definition) is 5. The summed E-state index contributed by atoms with van der Waals surface area (Å²) in [7, 11) is 1.61. The fraction of sp³-hybridized carbons (Fsp3) is 0.238. The van der Waals surface area contributed by atoms with Crippen molar-refractivity contribution in [3.05, 3.63) is 59.2 Å². The molecule has 0 saturated carbocycles. The van der Waals surface area contributed by atoms with Crippen LogP contribution in [0.5, 0.6) is 5.75 Å². The topological polar surface area (TPSA) is 64.8 Å². The van der Waals surface area contributed by atoms with E-state index >= 15 is 0 Å². The van der Waals surface area contributed by atoms with Crippen LogP contribution in [-0.2, 0) is 4.74 Å². The van der Waals surface area contributed by atoms with Crippen molar-refractivity contribution < 1.29 is 18.8 Å². The van der Waals surface area contributed by atoms with E-state index in [1.165, 1.54) is 0 Å². The van der Waals surface area contributed by atoms with E-state index in [1.54, 1.807) is 24.1 Å². The number of carbonyl (C=O) groups is 1. The molecule has 1 aromatic heterocycles. The third kappa shape index (κ3) is 3.61. The van der Waals surface area contributed by atoms with Crippen molar-refractivity contribution in [3.8, 4) is 28.2 Å². The van der Waals surface area contributed by atoms with Crippen LogP contribution in [0.4, 0.5) is 0 Å². The zero-order valence-corrected chi connectivity index (χ0v) is 16.1. The molecule has 1 fully saturated rings. The average molecular weight is 399 g/mol. The van der Waals surface area contributed by atoms with Gasteiger partial charge in [-0.25, -0.2) is 0 Å². The van der Waals surface area contributed by atoms with E-state index in [0.717, 1.165) is 16.9 Å². The molecule has 0 bridgehead atoms. The second-order valence-corrected chi connectivity index (χ2v) is 6.81. The largest absolute Gasteiger partial charge is 0.497 e. The van der Waals surface area contributed by atoms with Gasteiger partial charge in [0.05, 0.1) is 25.9 Å². The predicted octanol–water partition coefficient (Wildman–Crippen LogP) is 4.14. The molecular weight excluding hydrogens is 380 g/mol. The van der Waals surface area contributed by atoms with Gasteiger partial charge in [0.1, 0.15) is 5.75 Å². The number of carbonyl (C=O) groups excluding carboxylic acids is 1. The number of rotatable bonds is 4. The first kappa shape index (κ1) is 18.5.